The summed E-state index contributed by atoms with van der Waals surface area (Å²) < 4.78 is 5.91. The lowest BCUT2D eigenvalue weighted by Gasteiger charge is -2.34. The number of nitriles is 1. The topological polar surface area (TPSA) is 106 Å². The zero-order valence-electron chi connectivity index (χ0n) is 16.5. The van der Waals surface area contributed by atoms with Gasteiger partial charge >= 0.3 is 0 Å². The summed E-state index contributed by atoms with van der Waals surface area (Å²) in [7, 11) is 1.81. The molecule has 2 aromatic carbocycles. The first-order valence-corrected chi connectivity index (χ1v) is 9.71. The average Bonchev–Trinajstić information content (AvgIpc) is 3.35. The van der Waals surface area contributed by atoms with Gasteiger partial charge in [0, 0.05) is 12.7 Å². The molecule has 0 saturated carbocycles. The monoisotopic (exact) mass is 400 g/mol. The summed E-state index contributed by atoms with van der Waals surface area (Å²) in [5.74, 6) is -0.233. The maximum atomic E-state index is 13.4. The first kappa shape index (κ1) is 18.2. The summed E-state index contributed by atoms with van der Waals surface area (Å²) in [6.45, 7) is 1.83. The number of rotatable bonds is 3. The van der Waals surface area contributed by atoms with Crippen molar-refractivity contribution in [2.24, 2.45) is 0 Å². The van der Waals surface area contributed by atoms with E-state index in [-0.39, 0.29) is 23.9 Å². The fourth-order valence-electron chi connectivity index (χ4n) is 4.24. The molecule has 0 aliphatic carbocycles. The molecule has 2 aliphatic heterocycles. The standard InChI is InChI=1S/C22H20N6O2/c1-12-17(21-26-19-14(24-2)9-6-10-16(19)30-21)22(29)28-20(25-12)18(15(11-23)27-28)13-7-4-3-5-8-13/h3-10,15,18,20,24-25,27H,1-2H3. The Labute approximate surface area is 173 Å². The average molecular weight is 400 g/mol. The van der Waals surface area contributed by atoms with E-state index in [4.69, 9.17) is 4.42 Å². The molecule has 30 heavy (non-hydrogen) atoms. The van der Waals surface area contributed by atoms with Gasteiger partial charge in [0.05, 0.1) is 17.7 Å². The second kappa shape index (κ2) is 6.90. The molecule has 3 unspecified atom stereocenters. The van der Waals surface area contributed by atoms with Gasteiger partial charge in [-0.1, -0.05) is 36.4 Å². The molecule has 8 nitrogen and oxygen atoms in total. The van der Waals surface area contributed by atoms with Gasteiger partial charge in [-0.15, -0.1) is 0 Å². The van der Waals surface area contributed by atoms with Crippen LogP contribution in [-0.4, -0.2) is 35.2 Å². The SMILES string of the molecule is CNc1cccc2oc(C3=C(C)NC4C(c5ccccc5)C(C#N)NN4C3=O)nc12. The third-order valence-electron chi connectivity index (χ3n) is 5.65. The van der Waals surface area contributed by atoms with Gasteiger partial charge in [0.25, 0.3) is 5.91 Å². The van der Waals surface area contributed by atoms with E-state index >= 15 is 0 Å². The zero-order chi connectivity index (χ0) is 20.8. The van der Waals surface area contributed by atoms with Crippen molar-refractivity contribution in [3.05, 3.63) is 65.7 Å². The van der Waals surface area contributed by atoms with Crippen LogP contribution < -0.4 is 16.1 Å². The highest BCUT2D eigenvalue weighted by Gasteiger charge is 2.49. The van der Waals surface area contributed by atoms with Crippen molar-refractivity contribution in [1.29, 1.82) is 5.26 Å². The number of amides is 1. The van der Waals surface area contributed by atoms with E-state index in [1.165, 1.54) is 5.01 Å². The second-order valence-electron chi connectivity index (χ2n) is 7.36. The van der Waals surface area contributed by atoms with Crippen LogP contribution in [0.1, 0.15) is 24.3 Å². The third kappa shape index (κ3) is 2.64. The van der Waals surface area contributed by atoms with Crippen LogP contribution in [0.5, 0.6) is 0 Å². The summed E-state index contributed by atoms with van der Waals surface area (Å²) in [6.07, 6.45) is -0.384. The summed E-state index contributed by atoms with van der Waals surface area (Å²) in [5.41, 5.74) is 7.15. The van der Waals surface area contributed by atoms with Crippen LogP contribution in [0.3, 0.4) is 0 Å². The molecule has 3 heterocycles. The van der Waals surface area contributed by atoms with E-state index in [1.807, 2.05) is 62.5 Å². The van der Waals surface area contributed by atoms with E-state index in [0.29, 0.717) is 22.4 Å². The predicted octanol–water partition coefficient (Wildman–Crippen LogP) is 2.55. The van der Waals surface area contributed by atoms with Crippen molar-refractivity contribution >= 4 is 28.3 Å². The maximum Gasteiger partial charge on any atom is 0.277 e. The van der Waals surface area contributed by atoms with E-state index in [9.17, 15) is 10.1 Å². The van der Waals surface area contributed by atoms with Crippen molar-refractivity contribution in [3.8, 4) is 6.07 Å². The minimum Gasteiger partial charge on any atom is -0.436 e. The van der Waals surface area contributed by atoms with Gasteiger partial charge < -0.3 is 15.1 Å². The van der Waals surface area contributed by atoms with Crippen LogP contribution in [0.15, 0.2) is 58.6 Å². The molecule has 0 bridgehead atoms. The summed E-state index contributed by atoms with van der Waals surface area (Å²) >= 11 is 0. The number of nitrogens with zero attached hydrogens (tertiary/aromatic N) is 3. The van der Waals surface area contributed by atoms with Crippen LogP contribution in [0, 0.1) is 11.3 Å². The molecule has 0 spiro atoms. The predicted molar refractivity (Wildman–Crippen MR) is 112 cm³/mol. The lowest BCUT2D eigenvalue weighted by molar-refractivity contribution is -0.130. The van der Waals surface area contributed by atoms with Crippen LogP contribution in [-0.2, 0) is 4.79 Å². The van der Waals surface area contributed by atoms with Crippen LogP contribution in [0.2, 0.25) is 0 Å². The van der Waals surface area contributed by atoms with E-state index < -0.39 is 6.04 Å². The Kier molecular flexibility index (Phi) is 4.19. The normalized spacial score (nSPS) is 23.3. The number of oxazole rings is 1. The quantitative estimate of drug-likeness (QED) is 0.620. The van der Waals surface area contributed by atoms with Gasteiger partial charge in [-0.3, -0.25) is 4.79 Å². The lowest BCUT2D eigenvalue weighted by atomic mass is 9.90. The third-order valence-corrected chi connectivity index (χ3v) is 5.65. The Hall–Kier alpha value is -3.83. The number of hydrogen-bond acceptors (Lipinski definition) is 7. The van der Waals surface area contributed by atoms with E-state index in [1.54, 1.807) is 0 Å². The first-order chi connectivity index (χ1) is 14.6. The number of nitrogens with one attached hydrogen (secondary N) is 3. The van der Waals surface area contributed by atoms with Crippen LogP contribution >= 0.6 is 0 Å². The van der Waals surface area contributed by atoms with Crippen molar-refractivity contribution in [2.45, 2.75) is 25.0 Å². The molecule has 1 aromatic heterocycles. The summed E-state index contributed by atoms with van der Waals surface area (Å²) in [4.78, 5) is 18.0. The Balaban J connectivity index is 1.57. The molecule has 2 aliphatic rings. The van der Waals surface area contributed by atoms with Gasteiger partial charge in [-0.2, -0.15) is 5.26 Å². The molecule has 3 aromatic rings. The number of benzene rings is 2. The molecule has 0 radical (unpaired) electrons. The molecular weight excluding hydrogens is 380 g/mol. The fraction of sp³-hybridized carbons (Fsp3) is 0.227. The Bertz CT molecular complexity index is 1210. The Morgan fingerprint density at radius 1 is 1.20 bits per heavy atom. The van der Waals surface area contributed by atoms with Crippen LogP contribution in [0.25, 0.3) is 16.7 Å². The number of para-hydroxylation sites is 1. The van der Waals surface area contributed by atoms with Gasteiger partial charge in [-0.05, 0) is 24.6 Å². The molecule has 3 atom stereocenters. The fourth-order valence-corrected chi connectivity index (χ4v) is 4.24. The number of anilines is 1. The highest BCUT2D eigenvalue weighted by atomic mass is 16.3. The smallest absolute Gasteiger partial charge is 0.277 e. The molecule has 150 valence electrons. The number of allylic oxidation sites excluding steroid dienone is 1. The summed E-state index contributed by atoms with van der Waals surface area (Å²) in [6, 6.07) is 17.1. The Morgan fingerprint density at radius 3 is 2.73 bits per heavy atom. The highest BCUT2D eigenvalue weighted by molar-refractivity contribution is 6.20. The van der Waals surface area contributed by atoms with Gasteiger partial charge in [0.15, 0.2) is 5.58 Å². The maximum absolute atomic E-state index is 13.4. The second-order valence-corrected chi connectivity index (χ2v) is 7.36. The number of hydrazine groups is 1. The van der Waals surface area contributed by atoms with Crippen molar-refractivity contribution < 1.29 is 9.21 Å². The highest BCUT2D eigenvalue weighted by Crippen LogP contribution is 2.37. The molecule has 1 saturated heterocycles. The van der Waals surface area contributed by atoms with Crippen molar-refractivity contribution in [3.63, 3.8) is 0 Å². The Morgan fingerprint density at radius 2 is 2.00 bits per heavy atom. The number of fused-ring (bicyclic) bond motifs is 2. The molecule has 5 rings (SSSR count). The van der Waals surface area contributed by atoms with E-state index in [2.05, 4.69) is 27.1 Å². The number of hydrogen-bond donors (Lipinski definition) is 3. The van der Waals surface area contributed by atoms with E-state index in [0.717, 1.165) is 11.3 Å². The number of carbonyl (C=O) groups is 1. The van der Waals surface area contributed by atoms with Crippen LogP contribution in [0.4, 0.5) is 5.69 Å². The summed E-state index contributed by atoms with van der Waals surface area (Å²) in [5, 5.41) is 17.7. The first-order valence-electron chi connectivity index (χ1n) is 9.71. The van der Waals surface area contributed by atoms with Gasteiger partial charge in [0.2, 0.25) is 5.89 Å². The van der Waals surface area contributed by atoms with Gasteiger partial charge in [-0.25, -0.2) is 15.4 Å². The lowest BCUT2D eigenvalue weighted by Crippen LogP contribution is -2.54. The molecule has 1 fully saturated rings. The molecule has 8 heteroatoms. The largest absolute Gasteiger partial charge is 0.436 e. The zero-order valence-corrected chi connectivity index (χ0v) is 16.5. The van der Waals surface area contributed by atoms with Gasteiger partial charge in [0.1, 0.15) is 23.3 Å². The minimum absolute atomic E-state index is 0.212. The molecular formula is C22H20N6O2. The molecule has 3 N–H and O–H groups in total. The number of aromatic nitrogens is 1. The number of carbonyl (C=O) groups excluding carboxylic acids is 1. The minimum atomic E-state index is -0.541. The molecule has 1 amide bonds. The van der Waals surface area contributed by atoms with Crippen molar-refractivity contribution in [2.75, 3.05) is 12.4 Å². The van der Waals surface area contributed by atoms with Crippen molar-refractivity contribution in [1.82, 2.24) is 20.7 Å².